The first kappa shape index (κ1) is 21.6. The molecule has 2 N–H and O–H groups in total. The van der Waals surface area contributed by atoms with E-state index in [0.29, 0.717) is 22.9 Å². The van der Waals surface area contributed by atoms with E-state index < -0.39 is 10.8 Å². The van der Waals surface area contributed by atoms with E-state index in [1.807, 2.05) is 25.1 Å². The Hall–Kier alpha value is -3.65. The second-order valence-electron chi connectivity index (χ2n) is 7.17. The number of nitrogens with one attached hydrogen (secondary N) is 1. The quantitative estimate of drug-likeness (QED) is 0.557. The predicted molar refractivity (Wildman–Crippen MR) is 128 cm³/mol. The highest BCUT2D eigenvalue weighted by Crippen LogP contribution is 2.37. The van der Waals surface area contributed by atoms with Crippen LogP contribution in [-0.4, -0.2) is 28.4 Å². The van der Waals surface area contributed by atoms with Crippen LogP contribution in [0, 0.1) is 0 Å². The molecule has 0 aliphatic carbocycles. The number of nitrogens with zero attached hydrogens (tertiary/aromatic N) is 2. The zero-order valence-electron chi connectivity index (χ0n) is 17.8. The maximum atomic E-state index is 12.4. The van der Waals surface area contributed by atoms with Crippen molar-refractivity contribution in [2.75, 3.05) is 11.9 Å². The number of fused-ring (bicyclic) bond motifs is 1. The number of aromatic nitrogens is 1. The first-order valence-corrected chi connectivity index (χ1v) is 11.1. The van der Waals surface area contributed by atoms with E-state index in [-0.39, 0.29) is 12.4 Å². The normalized spacial score (nSPS) is 13.4. The maximum absolute atomic E-state index is 12.4. The fourth-order valence-electron chi connectivity index (χ4n) is 3.51. The third-order valence-electron chi connectivity index (χ3n) is 5.08. The zero-order chi connectivity index (χ0) is 22.7. The number of hydrogen-bond acceptors (Lipinski definition) is 6. The number of carbonyl (C=O) groups is 1. The summed E-state index contributed by atoms with van der Waals surface area (Å²) in [4.78, 5) is 29.4. The number of anilines is 1. The smallest absolute Gasteiger partial charge is 0.311 e. The van der Waals surface area contributed by atoms with Crippen LogP contribution in [0.1, 0.15) is 29.9 Å². The fraction of sp³-hybridized carbons (Fsp3) is 0.208. The highest BCUT2D eigenvalue weighted by atomic mass is 32.1. The minimum Gasteiger partial charge on any atom is -0.494 e. The summed E-state index contributed by atoms with van der Waals surface area (Å²) >= 11 is 0.891. The van der Waals surface area contributed by atoms with Crippen molar-refractivity contribution in [1.29, 1.82) is 0 Å². The molecule has 0 saturated heterocycles. The third-order valence-corrected chi connectivity index (χ3v) is 5.99. The summed E-state index contributed by atoms with van der Waals surface area (Å²) in [7, 11) is 0. The number of allylic oxidation sites excluding steroid dienone is 1. The molecule has 2 aromatic carbocycles. The summed E-state index contributed by atoms with van der Waals surface area (Å²) in [5, 5.41) is 13.3. The van der Waals surface area contributed by atoms with Crippen LogP contribution in [0.15, 0.2) is 52.3 Å². The molecule has 8 heteroatoms. The molecule has 0 saturated carbocycles. The van der Waals surface area contributed by atoms with Crippen LogP contribution >= 0.6 is 11.3 Å². The molecule has 164 valence electrons. The summed E-state index contributed by atoms with van der Waals surface area (Å²) in [6, 6.07) is 12.9. The van der Waals surface area contributed by atoms with Crippen molar-refractivity contribution < 1.29 is 14.6 Å². The Bertz CT molecular complexity index is 1270. The fourth-order valence-corrected chi connectivity index (χ4v) is 4.35. The Labute approximate surface area is 189 Å². The highest BCUT2D eigenvalue weighted by Gasteiger charge is 2.19. The van der Waals surface area contributed by atoms with E-state index >= 15 is 0 Å². The summed E-state index contributed by atoms with van der Waals surface area (Å²) in [6.07, 6.45) is 4.33. The van der Waals surface area contributed by atoms with Crippen LogP contribution in [0.2, 0.25) is 0 Å². The van der Waals surface area contributed by atoms with Gasteiger partial charge in [-0.25, -0.2) is 0 Å². The molecule has 1 aliphatic rings. The van der Waals surface area contributed by atoms with Crippen molar-refractivity contribution in [1.82, 2.24) is 4.57 Å². The van der Waals surface area contributed by atoms with Gasteiger partial charge in [-0.1, -0.05) is 36.5 Å². The lowest BCUT2D eigenvalue weighted by molar-refractivity contribution is -0.116. The number of benzene rings is 2. The first-order chi connectivity index (χ1) is 15.5. The summed E-state index contributed by atoms with van der Waals surface area (Å²) in [5.74, 6) is 0.0599. The van der Waals surface area contributed by atoms with Gasteiger partial charge < -0.3 is 15.2 Å². The van der Waals surface area contributed by atoms with E-state index in [1.165, 1.54) is 0 Å². The van der Waals surface area contributed by atoms with Crippen LogP contribution in [0.25, 0.3) is 11.6 Å². The van der Waals surface area contributed by atoms with Gasteiger partial charge in [0.2, 0.25) is 11.8 Å². The molecule has 0 fully saturated rings. The third kappa shape index (κ3) is 4.36. The first-order valence-electron chi connectivity index (χ1n) is 10.3. The molecule has 32 heavy (non-hydrogen) atoms. The van der Waals surface area contributed by atoms with E-state index in [4.69, 9.17) is 4.74 Å². The molecular weight excluding hydrogens is 426 g/mol. The number of amides is 1. The molecule has 0 unspecified atom stereocenters. The molecule has 0 bridgehead atoms. The predicted octanol–water partition coefficient (Wildman–Crippen LogP) is 4.47. The van der Waals surface area contributed by atoms with Crippen molar-refractivity contribution in [3.8, 4) is 11.6 Å². The van der Waals surface area contributed by atoms with Crippen LogP contribution in [-0.2, 0) is 17.8 Å². The van der Waals surface area contributed by atoms with Gasteiger partial charge in [0.25, 0.3) is 0 Å². The molecule has 0 spiro atoms. The van der Waals surface area contributed by atoms with Gasteiger partial charge in [-0.2, -0.15) is 0 Å². The lowest BCUT2D eigenvalue weighted by atomic mass is 10.0. The van der Waals surface area contributed by atoms with Gasteiger partial charge in [-0.3, -0.25) is 19.1 Å². The monoisotopic (exact) mass is 449 g/mol. The van der Waals surface area contributed by atoms with Crippen LogP contribution in [0.4, 0.5) is 11.4 Å². The lowest BCUT2D eigenvalue weighted by Crippen LogP contribution is -2.24. The van der Waals surface area contributed by atoms with Crippen LogP contribution in [0.5, 0.6) is 11.6 Å². The average Bonchev–Trinajstić information content (AvgIpc) is 3.31. The van der Waals surface area contributed by atoms with Crippen molar-refractivity contribution in [2.24, 2.45) is 4.99 Å². The maximum Gasteiger partial charge on any atom is 0.311 e. The van der Waals surface area contributed by atoms with Crippen molar-refractivity contribution >= 4 is 46.5 Å². The van der Waals surface area contributed by atoms with Crippen molar-refractivity contribution in [2.45, 2.75) is 26.8 Å². The molecule has 1 aromatic heterocycles. The van der Waals surface area contributed by atoms with Gasteiger partial charge in [0.05, 0.1) is 17.2 Å². The van der Waals surface area contributed by atoms with Gasteiger partial charge in [0, 0.05) is 23.0 Å². The molecule has 4 rings (SSSR count). The lowest BCUT2D eigenvalue weighted by Gasteiger charge is -2.08. The number of thiazole rings is 1. The number of rotatable bonds is 7. The summed E-state index contributed by atoms with van der Waals surface area (Å²) in [6.45, 7) is 4.23. The second kappa shape index (κ2) is 9.23. The van der Waals surface area contributed by atoms with Gasteiger partial charge in [-0.05, 0) is 49.2 Å². The van der Waals surface area contributed by atoms with E-state index in [9.17, 15) is 14.7 Å². The van der Waals surface area contributed by atoms with Crippen molar-refractivity contribution in [3.05, 3.63) is 68.1 Å². The topological polar surface area (TPSA) is 92.9 Å². The van der Waals surface area contributed by atoms with Crippen LogP contribution < -0.4 is 14.9 Å². The van der Waals surface area contributed by atoms with Gasteiger partial charge in [0.1, 0.15) is 12.3 Å². The number of ether oxygens (including phenoxy) is 1. The van der Waals surface area contributed by atoms with Crippen LogP contribution in [0.3, 0.4) is 0 Å². The van der Waals surface area contributed by atoms with E-state index in [1.54, 1.807) is 36.6 Å². The van der Waals surface area contributed by atoms with E-state index in [0.717, 1.165) is 44.7 Å². The average molecular weight is 450 g/mol. The van der Waals surface area contributed by atoms with Crippen molar-refractivity contribution in [3.63, 3.8) is 0 Å². The highest BCUT2D eigenvalue weighted by molar-refractivity contribution is 7.10. The molecule has 0 atom stereocenters. The summed E-state index contributed by atoms with van der Waals surface area (Å²) in [5.41, 5.74) is 4.42. The van der Waals surface area contributed by atoms with Gasteiger partial charge in [-0.15, -0.1) is 0 Å². The minimum absolute atomic E-state index is 0.233. The number of aryl methyl sites for hydroxylation is 1. The number of hydrogen-bond donors (Lipinski definition) is 2. The molecule has 3 aromatic rings. The Morgan fingerprint density at radius 1 is 1.22 bits per heavy atom. The Morgan fingerprint density at radius 3 is 2.72 bits per heavy atom. The van der Waals surface area contributed by atoms with Gasteiger partial charge >= 0.3 is 4.87 Å². The number of carbonyl (C=O) groups excluding carboxylic acids is 1. The second-order valence-corrected chi connectivity index (χ2v) is 8.17. The molecule has 7 nitrogen and oxygen atoms in total. The number of para-hydroxylation sites is 1. The number of aromatic hydroxyl groups is 1. The molecule has 2 heterocycles. The molecule has 1 amide bonds. The van der Waals surface area contributed by atoms with Gasteiger partial charge in [0.15, 0.2) is 0 Å². The van der Waals surface area contributed by atoms with E-state index in [2.05, 4.69) is 17.2 Å². The Morgan fingerprint density at radius 2 is 2.00 bits per heavy atom. The number of aliphatic imine (C=N–C) groups is 1. The largest absolute Gasteiger partial charge is 0.494 e. The molecule has 1 aliphatic heterocycles. The Kier molecular flexibility index (Phi) is 6.23. The Balaban J connectivity index is 1.52. The minimum atomic E-state index is -0.413. The SMILES string of the molecule is CCOc1ccc(NC(=O)Cn2c(O)c(C=C3C=Nc4c(CC)cccc43)sc2=O)cc1. The standard InChI is InChI=1S/C24H23N3O4S/c1-3-15-6-5-7-19-16(13-25-22(15)19)12-20-23(29)27(24(30)32-20)14-21(28)26-17-8-10-18(11-9-17)31-4-2/h5-13,29H,3-4,14H2,1-2H3,(H,26,28). The zero-order valence-corrected chi connectivity index (χ0v) is 18.6. The molecular formula is C24H23N3O4S. The summed E-state index contributed by atoms with van der Waals surface area (Å²) < 4.78 is 6.45. The molecule has 0 radical (unpaired) electrons.